The summed E-state index contributed by atoms with van der Waals surface area (Å²) in [6, 6.07) is 67.4. The Labute approximate surface area is 277 Å². The third-order valence-electron chi connectivity index (χ3n) is 9.65. The summed E-state index contributed by atoms with van der Waals surface area (Å²) >= 11 is 0. The number of rotatable bonds is 5. The molecule has 0 bridgehead atoms. The van der Waals surface area contributed by atoms with Gasteiger partial charge in [0.15, 0.2) is 0 Å². The minimum absolute atomic E-state index is 0.636. The second-order valence-electron chi connectivity index (χ2n) is 12.5. The number of hydrogen-bond acceptors (Lipinski definition) is 0. The molecule has 9 aromatic rings. The van der Waals surface area contributed by atoms with Crippen LogP contribution in [0.3, 0.4) is 0 Å². The fourth-order valence-corrected chi connectivity index (χ4v) is 8.93. The summed E-state index contributed by atoms with van der Waals surface area (Å²) in [5.41, 5.74) is 7.64. The molecule has 0 spiro atoms. The fraction of sp³-hybridized carbons (Fsp3) is 0. The van der Waals surface area contributed by atoms with Crippen LogP contribution in [0.1, 0.15) is 0 Å². The minimum atomic E-state index is -0.636. The van der Waals surface area contributed by atoms with Gasteiger partial charge in [-0.1, -0.05) is 186 Å². The Hall–Kier alpha value is -5.76. The molecule has 0 aliphatic rings. The first-order chi connectivity index (χ1) is 23.3. The molecule has 220 valence electrons. The zero-order valence-electron chi connectivity index (χ0n) is 26.0. The smallest absolute Gasteiger partial charge is 0.0633 e. The first-order valence-corrected chi connectivity index (χ1v) is 17.8. The zero-order chi connectivity index (χ0) is 31.2. The van der Waals surface area contributed by atoms with Crippen LogP contribution in [0.4, 0.5) is 0 Å². The number of benzene rings is 9. The molecule has 9 aromatic carbocycles. The topological polar surface area (TPSA) is 0 Å². The van der Waals surface area contributed by atoms with Crippen molar-refractivity contribution in [3.05, 3.63) is 182 Å². The Morgan fingerprint density at radius 3 is 1.68 bits per heavy atom. The van der Waals surface area contributed by atoms with Crippen LogP contribution in [-0.4, -0.2) is 9.52 Å². The standard InChI is InChI=1S/C46H32Si/c1-2-15-37(16-3-1)47-38-27-28-43-44(30-38)46(40-20-10-14-33-12-6-7-17-39(33)40)42-19-9-8-18-41(42)45(43)34-24-21-32(22-25-34)36-26-23-31-11-4-5-13-35(31)29-36/h1-30H,47H2. The summed E-state index contributed by atoms with van der Waals surface area (Å²) in [6.45, 7) is 0. The predicted molar refractivity (Wildman–Crippen MR) is 207 cm³/mol. The minimum Gasteiger partial charge on any atom is -0.0633 e. The van der Waals surface area contributed by atoms with Gasteiger partial charge in [-0.25, -0.2) is 0 Å². The molecule has 1 heteroatoms. The SMILES string of the molecule is c1ccc([SiH2]c2ccc3c(-c4ccc(-c5ccc6ccccc6c5)cc4)c4ccccc4c(-c4cccc5ccccc45)c3c2)cc1. The largest absolute Gasteiger partial charge is 0.0875 e. The molecule has 0 saturated heterocycles. The average molecular weight is 613 g/mol. The summed E-state index contributed by atoms with van der Waals surface area (Å²) in [5, 5.41) is 13.2. The van der Waals surface area contributed by atoms with Crippen molar-refractivity contribution in [2.45, 2.75) is 0 Å². The Kier molecular flexibility index (Phi) is 6.77. The van der Waals surface area contributed by atoms with E-state index in [9.17, 15) is 0 Å². The molecule has 0 atom stereocenters. The Bertz CT molecular complexity index is 2570. The van der Waals surface area contributed by atoms with E-state index in [0.29, 0.717) is 0 Å². The highest BCUT2D eigenvalue weighted by atomic mass is 28.2. The van der Waals surface area contributed by atoms with Crippen molar-refractivity contribution in [3.63, 3.8) is 0 Å². The van der Waals surface area contributed by atoms with Crippen molar-refractivity contribution in [3.8, 4) is 33.4 Å². The summed E-state index contributed by atoms with van der Waals surface area (Å²) in [4.78, 5) is 0. The van der Waals surface area contributed by atoms with Crippen LogP contribution >= 0.6 is 0 Å². The van der Waals surface area contributed by atoms with Crippen LogP contribution in [0.15, 0.2) is 182 Å². The van der Waals surface area contributed by atoms with Crippen molar-refractivity contribution in [2.24, 2.45) is 0 Å². The van der Waals surface area contributed by atoms with Gasteiger partial charge in [-0.2, -0.15) is 0 Å². The Morgan fingerprint density at radius 2 is 0.872 bits per heavy atom. The van der Waals surface area contributed by atoms with E-state index in [0.717, 1.165) is 0 Å². The predicted octanol–water partition coefficient (Wildman–Crippen LogP) is 10.4. The molecule has 0 heterocycles. The summed E-state index contributed by atoms with van der Waals surface area (Å²) in [7, 11) is -0.636. The van der Waals surface area contributed by atoms with Crippen LogP contribution in [-0.2, 0) is 0 Å². The van der Waals surface area contributed by atoms with Gasteiger partial charge in [0.2, 0.25) is 0 Å². The molecule has 0 aromatic heterocycles. The van der Waals surface area contributed by atoms with Crippen LogP contribution in [0.25, 0.3) is 76.5 Å². The zero-order valence-corrected chi connectivity index (χ0v) is 27.4. The molecule has 0 saturated carbocycles. The molecular weight excluding hydrogens is 581 g/mol. The highest BCUT2D eigenvalue weighted by Crippen LogP contribution is 2.45. The fourth-order valence-electron chi connectivity index (χ4n) is 7.41. The molecule has 0 aliphatic carbocycles. The maximum Gasteiger partial charge on any atom is 0.0875 e. The normalized spacial score (nSPS) is 11.7. The second kappa shape index (κ2) is 11.5. The van der Waals surface area contributed by atoms with Gasteiger partial charge in [-0.15, -0.1) is 0 Å². The van der Waals surface area contributed by atoms with Gasteiger partial charge in [-0.3, -0.25) is 0 Å². The van der Waals surface area contributed by atoms with E-state index < -0.39 is 9.52 Å². The van der Waals surface area contributed by atoms with Gasteiger partial charge in [-0.05, 0) is 82.5 Å². The van der Waals surface area contributed by atoms with Gasteiger partial charge >= 0.3 is 0 Å². The van der Waals surface area contributed by atoms with Gasteiger partial charge in [0, 0.05) is 0 Å². The van der Waals surface area contributed by atoms with Crippen LogP contribution < -0.4 is 10.4 Å². The molecule has 47 heavy (non-hydrogen) atoms. The van der Waals surface area contributed by atoms with Crippen molar-refractivity contribution in [1.29, 1.82) is 0 Å². The lowest BCUT2D eigenvalue weighted by molar-refractivity contribution is 1.63. The molecule has 0 nitrogen and oxygen atoms in total. The maximum absolute atomic E-state index is 2.51. The summed E-state index contributed by atoms with van der Waals surface area (Å²) < 4.78 is 0. The van der Waals surface area contributed by atoms with E-state index in [2.05, 4.69) is 182 Å². The molecule has 0 N–H and O–H groups in total. The monoisotopic (exact) mass is 612 g/mol. The van der Waals surface area contributed by atoms with Gasteiger partial charge in [0.05, 0.1) is 9.52 Å². The van der Waals surface area contributed by atoms with E-state index in [1.54, 1.807) is 0 Å². The van der Waals surface area contributed by atoms with E-state index in [1.807, 2.05) is 0 Å². The molecule has 0 unspecified atom stereocenters. The molecule has 9 rings (SSSR count). The third kappa shape index (κ3) is 4.93. The molecular formula is C46H32Si. The van der Waals surface area contributed by atoms with E-state index in [1.165, 1.54) is 86.8 Å². The molecule has 0 amide bonds. The van der Waals surface area contributed by atoms with Gasteiger partial charge in [0.25, 0.3) is 0 Å². The van der Waals surface area contributed by atoms with E-state index in [4.69, 9.17) is 0 Å². The molecule has 0 aliphatic heterocycles. The summed E-state index contributed by atoms with van der Waals surface area (Å²) in [5.74, 6) is 0. The lowest BCUT2D eigenvalue weighted by atomic mass is 9.84. The average Bonchev–Trinajstić information content (AvgIpc) is 3.14. The first-order valence-electron chi connectivity index (χ1n) is 16.4. The number of hydrogen-bond donors (Lipinski definition) is 0. The Balaban J connectivity index is 1.28. The van der Waals surface area contributed by atoms with Crippen LogP contribution in [0.2, 0.25) is 0 Å². The maximum atomic E-state index is 2.51. The van der Waals surface area contributed by atoms with Crippen molar-refractivity contribution >= 4 is 63.0 Å². The Morgan fingerprint density at radius 1 is 0.277 bits per heavy atom. The lowest BCUT2D eigenvalue weighted by Gasteiger charge is -2.20. The highest BCUT2D eigenvalue weighted by molar-refractivity contribution is 6.67. The van der Waals surface area contributed by atoms with Gasteiger partial charge < -0.3 is 0 Å². The quantitative estimate of drug-likeness (QED) is 0.134. The molecule has 0 fully saturated rings. The first kappa shape index (κ1) is 27.5. The third-order valence-corrected chi connectivity index (χ3v) is 11.4. The van der Waals surface area contributed by atoms with Gasteiger partial charge in [0.1, 0.15) is 0 Å². The van der Waals surface area contributed by atoms with E-state index in [-0.39, 0.29) is 0 Å². The van der Waals surface area contributed by atoms with Crippen LogP contribution in [0, 0.1) is 0 Å². The van der Waals surface area contributed by atoms with Crippen molar-refractivity contribution in [2.75, 3.05) is 0 Å². The number of fused-ring (bicyclic) bond motifs is 4. The van der Waals surface area contributed by atoms with Crippen molar-refractivity contribution in [1.82, 2.24) is 0 Å². The van der Waals surface area contributed by atoms with E-state index >= 15 is 0 Å². The summed E-state index contributed by atoms with van der Waals surface area (Å²) in [6.07, 6.45) is 0. The lowest BCUT2D eigenvalue weighted by Crippen LogP contribution is -2.26. The second-order valence-corrected chi connectivity index (χ2v) is 14.5. The van der Waals surface area contributed by atoms with Crippen LogP contribution in [0.5, 0.6) is 0 Å². The molecule has 0 radical (unpaired) electrons. The highest BCUT2D eigenvalue weighted by Gasteiger charge is 2.18. The van der Waals surface area contributed by atoms with Crippen molar-refractivity contribution < 1.29 is 0 Å².